The number of hydrogen-bond acceptors (Lipinski definition) is 9. The lowest BCUT2D eigenvalue weighted by atomic mass is 10.3. The summed E-state index contributed by atoms with van der Waals surface area (Å²) in [6.45, 7) is 4.23. The number of ether oxygens (including phenoxy) is 2. The van der Waals surface area contributed by atoms with Crippen LogP contribution < -0.4 is 20.1 Å². The van der Waals surface area contributed by atoms with Gasteiger partial charge in [-0.15, -0.1) is 0 Å². The van der Waals surface area contributed by atoms with Gasteiger partial charge in [0.15, 0.2) is 5.82 Å². The average molecular weight is 504 g/mol. The molecular formula is C22H25N5O5S2. The maximum absolute atomic E-state index is 12.2. The summed E-state index contributed by atoms with van der Waals surface area (Å²) < 4.78 is 48.6. The van der Waals surface area contributed by atoms with Gasteiger partial charge in [-0.25, -0.2) is 13.4 Å². The highest BCUT2D eigenvalue weighted by molar-refractivity contribution is 7.95. The highest BCUT2D eigenvalue weighted by atomic mass is 32.2. The second kappa shape index (κ2) is 11.7. The van der Waals surface area contributed by atoms with Crippen molar-refractivity contribution in [1.82, 2.24) is 9.97 Å². The maximum Gasteiger partial charge on any atom is 0.254 e. The number of rotatable bonds is 12. The Morgan fingerprint density at radius 1 is 1.09 bits per heavy atom. The monoisotopic (exact) mass is 503 g/mol. The zero-order valence-corrected chi connectivity index (χ0v) is 20.3. The van der Waals surface area contributed by atoms with Gasteiger partial charge in [-0.3, -0.25) is 4.72 Å². The fourth-order valence-corrected chi connectivity index (χ4v) is 3.85. The van der Waals surface area contributed by atoms with Crippen LogP contribution in [-0.2, 0) is 25.9 Å². The molecule has 10 nitrogen and oxygen atoms in total. The summed E-state index contributed by atoms with van der Waals surface area (Å²) in [7, 11) is -2.04. The van der Waals surface area contributed by atoms with E-state index >= 15 is 0 Å². The van der Waals surface area contributed by atoms with Gasteiger partial charge in [0.2, 0.25) is 10.8 Å². The zero-order chi connectivity index (χ0) is 24.6. The number of sulfonamides is 1. The first-order chi connectivity index (χ1) is 16.3. The molecule has 1 atom stereocenters. The van der Waals surface area contributed by atoms with E-state index in [1.165, 1.54) is 12.5 Å². The van der Waals surface area contributed by atoms with Gasteiger partial charge in [0.25, 0.3) is 10.0 Å². The standard InChI is InChI=1S/C22H25N5O5S2/c1-4-34(29,30)27-18-7-5-6-17(14-18)24-21-20(33(3)28)15-23-22(26-21)25-16-8-10-19(11-9-16)32-13-12-31-2/h4-11,14-15,27H,1,12-13H2,2-3H3,(H2,23,24,25,26). The van der Waals surface area contributed by atoms with Gasteiger partial charge in [0.1, 0.15) is 18.6 Å². The summed E-state index contributed by atoms with van der Waals surface area (Å²) in [5.41, 5.74) is 1.61. The molecule has 180 valence electrons. The van der Waals surface area contributed by atoms with Crippen molar-refractivity contribution in [2.24, 2.45) is 0 Å². The van der Waals surface area contributed by atoms with Crippen molar-refractivity contribution < 1.29 is 22.4 Å². The maximum atomic E-state index is 12.2. The summed E-state index contributed by atoms with van der Waals surface area (Å²) in [4.78, 5) is 9.10. The van der Waals surface area contributed by atoms with Crippen LogP contribution >= 0.6 is 0 Å². The Morgan fingerprint density at radius 3 is 2.50 bits per heavy atom. The molecule has 0 bridgehead atoms. The van der Waals surface area contributed by atoms with Crippen LogP contribution in [0.2, 0.25) is 0 Å². The van der Waals surface area contributed by atoms with E-state index in [9.17, 15) is 13.0 Å². The van der Waals surface area contributed by atoms with Gasteiger partial charge < -0.3 is 24.7 Å². The molecule has 3 aromatic rings. The Balaban J connectivity index is 1.78. The third kappa shape index (κ3) is 7.35. The van der Waals surface area contributed by atoms with Crippen LogP contribution in [0.15, 0.2) is 71.6 Å². The molecule has 0 aliphatic rings. The van der Waals surface area contributed by atoms with E-state index in [2.05, 4.69) is 31.9 Å². The molecule has 3 rings (SSSR count). The van der Waals surface area contributed by atoms with Crippen LogP contribution in [0.1, 0.15) is 0 Å². The average Bonchev–Trinajstić information content (AvgIpc) is 2.80. The van der Waals surface area contributed by atoms with E-state index in [1.807, 2.05) is 24.3 Å². The fraction of sp³-hybridized carbons (Fsp3) is 0.182. The number of methoxy groups -OCH3 is 1. The van der Waals surface area contributed by atoms with Crippen LogP contribution in [-0.4, -0.2) is 49.5 Å². The van der Waals surface area contributed by atoms with E-state index in [1.54, 1.807) is 31.4 Å². The molecular weight excluding hydrogens is 478 g/mol. The zero-order valence-electron chi connectivity index (χ0n) is 18.6. The van der Waals surface area contributed by atoms with E-state index < -0.39 is 21.2 Å². The van der Waals surface area contributed by atoms with Gasteiger partial charge in [-0.05, 0) is 53.6 Å². The number of nitrogens with one attached hydrogen (secondary N) is 3. The van der Waals surface area contributed by atoms with Crippen molar-refractivity contribution in [3.63, 3.8) is 0 Å². The van der Waals surface area contributed by atoms with Crippen LogP contribution in [0.25, 0.3) is 0 Å². The first-order valence-electron chi connectivity index (χ1n) is 10.0. The third-order valence-electron chi connectivity index (χ3n) is 4.34. The van der Waals surface area contributed by atoms with Crippen LogP contribution in [0.3, 0.4) is 0 Å². The van der Waals surface area contributed by atoms with Crippen molar-refractivity contribution in [3.8, 4) is 5.75 Å². The highest BCUT2D eigenvalue weighted by Gasteiger charge is 2.17. The molecule has 0 aliphatic heterocycles. The van der Waals surface area contributed by atoms with Crippen molar-refractivity contribution >= 4 is 50.0 Å². The Labute approximate surface area is 201 Å². The molecule has 0 fully saturated rings. The molecule has 1 unspecified atom stereocenters. The molecule has 34 heavy (non-hydrogen) atoms. The lowest BCUT2D eigenvalue weighted by molar-refractivity contribution is 0.146. The molecule has 0 spiro atoms. The minimum Gasteiger partial charge on any atom is -0.612 e. The molecule has 1 heterocycles. The molecule has 0 amide bonds. The summed E-state index contributed by atoms with van der Waals surface area (Å²) >= 11 is -1.37. The van der Waals surface area contributed by atoms with Crippen molar-refractivity contribution in [3.05, 3.63) is 66.7 Å². The third-order valence-corrected chi connectivity index (χ3v) is 6.21. The van der Waals surface area contributed by atoms with Crippen molar-refractivity contribution in [2.75, 3.05) is 41.9 Å². The topological polar surface area (TPSA) is 138 Å². The molecule has 2 aromatic carbocycles. The second-order valence-corrected chi connectivity index (χ2v) is 9.85. The Kier molecular flexibility index (Phi) is 8.71. The van der Waals surface area contributed by atoms with Gasteiger partial charge in [0.05, 0.1) is 18.5 Å². The lowest BCUT2D eigenvalue weighted by Gasteiger charge is -2.14. The Morgan fingerprint density at radius 2 is 1.82 bits per heavy atom. The first kappa shape index (κ1) is 25.3. The van der Waals surface area contributed by atoms with E-state index in [-0.39, 0.29) is 5.95 Å². The van der Waals surface area contributed by atoms with Crippen LogP contribution in [0.5, 0.6) is 5.75 Å². The summed E-state index contributed by atoms with van der Waals surface area (Å²) in [5, 5.41) is 7.01. The predicted molar refractivity (Wildman–Crippen MR) is 134 cm³/mol. The molecule has 0 radical (unpaired) electrons. The van der Waals surface area contributed by atoms with Gasteiger partial charge in [-0.2, -0.15) is 4.98 Å². The largest absolute Gasteiger partial charge is 0.612 e. The molecule has 0 saturated heterocycles. The number of nitrogens with zero attached hydrogens (tertiary/aromatic N) is 2. The predicted octanol–water partition coefficient (Wildman–Crippen LogP) is 3.61. The number of benzene rings is 2. The smallest absolute Gasteiger partial charge is 0.254 e. The molecule has 3 N–H and O–H groups in total. The summed E-state index contributed by atoms with van der Waals surface area (Å²) in [6, 6.07) is 13.8. The SMILES string of the molecule is C=CS(=O)(=O)Nc1cccc(Nc2nc(Nc3ccc(OCCOC)cc3)ncc2[S+](C)[O-])c1. The molecule has 12 heteroatoms. The minimum atomic E-state index is -3.65. The Hall–Kier alpha value is -3.32. The van der Waals surface area contributed by atoms with Crippen LogP contribution in [0, 0.1) is 0 Å². The number of hydrogen-bond donors (Lipinski definition) is 3. The van der Waals surface area contributed by atoms with Crippen LogP contribution in [0.4, 0.5) is 28.8 Å². The van der Waals surface area contributed by atoms with E-state index in [0.717, 1.165) is 11.1 Å². The molecule has 0 aliphatic carbocycles. The summed E-state index contributed by atoms with van der Waals surface area (Å²) in [5.74, 6) is 1.31. The van der Waals surface area contributed by atoms with Crippen molar-refractivity contribution in [2.45, 2.75) is 4.90 Å². The molecule has 1 aromatic heterocycles. The van der Waals surface area contributed by atoms with Gasteiger partial charge in [-0.1, -0.05) is 12.6 Å². The number of anilines is 5. The quantitative estimate of drug-likeness (QED) is 0.250. The Bertz CT molecular complexity index is 1220. The fourth-order valence-electron chi connectivity index (χ4n) is 2.74. The second-order valence-electron chi connectivity index (χ2n) is 6.87. The molecule has 0 saturated carbocycles. The normalized spacial score (nSPS) is 12.0. The van der Waals surface area contributed by atoms with E-state index in [4.69, 9.17) is 9.47 Å². The summed E-state index contributed by atoms with van der Waals surface area (Å²) in [6.07, 6.45) is 2.99. The van der Waals surface area contributed by atoms with Gasteiger partial charge in [0, 0.05) is 23.9 Å². The van der Waals surface area contributed by atoms with Gasteiger partial charge >= 0.3 is 0 Å². The lowest BCUT2D eigenvalue weighted by Crippen LogP contribution is -2.10. The minimum absolute atomic E-state index is 0.285. The highest BCUT2D eigenvalue weighted by Crippen LogP contribution is 2.27. The number of aromatic nitrogens is 2. The first-order valence-corrected chi connectivity index (χ1v) is 13.1. The van der Waals surface area contributed by atoms with E-state index in [0.29, 0.717) is 41.1 Å². The van der Waals surface area contributed by atoms with Crippen molar-refractivity contribution in [1.29, 1.82) is 0 Å².